The summed E-state index contributed by atoms with van der Waals surface area (Å²) in [6.07, 6.45) is 2.06. The largest absolute Gasteiger partial charge is 0.508 e. The first-order chi connectivity index (χ1) is 12.2. The first-order valence-corrected chi connectivity index (χ1v) is 9.61. The van der Waals surface area contributed by atoms with Crippen LogP contribution < -0.4 is 0 Å². The number of allylic oxidation sites excluding steroid dienone is 2. The van der Waals surface area contributed by atoms with Crippen LogP contribution in [0.1, 0.15) is 58.4 Å². The SMILES string of the molecule is Cc1cc(O)c(C)c2c1CC(C)/C2=C1\c2c(C)c(O)cc(C)c2CC1C. The number of fused-ring (bicyclic) bond motifs is 2. The summed E-state index contributed by atoms with van der Waals surface area (Å²) in [5.41, 5.74) is 12.4. The van der Waals surface area contributed by atoms with Gasteiger partial charge in [0.05, 0.1) is 0 Å². The normalized spacial score (nSPS) is 24.1. The summed E-state index contributed by atoms with van der Waals surface area (Å²) in [6.45, 7) is 12.9. The fraction of sp³-hybridized carbons (Fsp3) is 0.417. The topological polar surface area (TPSA) is 40.5 Å². The molecular formula is C24H28O2. The molecule has 0 saturated heterocycles. The van der Waals surface area contributed by atoms with Crippen LogP contribution in [-0.4, -0.2) is 10.2 Å². The van der Waals surface area contributed by atoms with Gasteiger partial charge >= 0.3 is 0 Å². The van der Waals surface area contributed by atoms with Gasteiger partial charge in [-0.25, -0.2) is 0 Å². The Morgan fingerprint density at radius 1 is 0.692 bits per heavy atom. The Balaban J connectivity index is 2.11. The molecule has 2 unspecified atom stereocenters. The van der Waals surface area contributed by atoms with Crippen molar-refractivity contribution in [3.63, 3.8) is 0 Å². The number of rotatable bonds is 0. The fourth-order valence-corrected chi connectivity index (χ4v) is 5.27. The molecule has 0 aromatic heterocycles. The molecule has 2 aromatic carbocycles. The Hall–Kier alpha value is -2.22. The third-order valence-corrected chi connectivity index (χ3v) is 6.62. The highest BCUT2D eigenvalue weighted by Gasteiger charge is 2.36. The van der Waals surface area contributed by atoms with Crippen LogP contribution in [-0.2, 0) is 12.8 Å². The number of hydrogen-bond donors (Lipinski definition) is 2. The van der Waals surface area contributed by atoms with Gasteiger partial charge in [0, 0.05) is 0 Å². The molecule has 0 spiro atoms. The van der Waals surface area contributed by atoms with E-state index in [2.05, 4.69) is 27.7 Å². The average Bonchev–Trinajstić information content (AvgIpc) is 3.08. The molecule has 26 heavy (non-hydrogen) atoms. The van der Waals surface area contributed by atoms with Gasteiger partial charge in [0.2, 0.25) is 0 Å². The molecule has 2 aliphatic carbocycles. The molecule has 2 heteroatoms. The van der Waals surface area contributed by atoms with Crippen molar-refractivity contribution >= 4 is 11.1 Å². The Morgan fingerprint density at radius 3 is 1.38 bits per heavy atom. The molecule has 136 valence electrons. The number of hydrogen-bond acceptors (Lipinski definition) is 2. The van der Waals surface area contributed by atoms with Gasteiger partial charge in [-0.05, 0) is 120 Å². The molecule has 2 aromatic rings. The van der Waals surface area contributed by atoms with Gasteiger partial charge in [0.15, 0.2) is 0 Å². The highest BCUT2D eigenvalue weighted by atomic mass is 16.3. The van der Waals surface area contributed by atoms with Gasteiger partial charge in [0.1, 0.15) is 11.5 Å². The molecule has 4 rings (SSSR count). The number of aromatic hydroxyl groups is 2. The highest BCUT2D eigenvalue weighted by molar-refractivity contribution is 6.00. The first kappa shape index (κ1) is 17.2. The monoisotopic (exact) mass is 348 g/mol. The second kappa shape index (κ2) is 5.64. The predicted molar refractivity (Wildman–Crippen MR) is 108 cm³/mol. The summed E-state index contributed by atoms with van der Waals surface area (Å²) in [4.78, 5) is 0. The zero-order chi connectivity index (χ0) is 18.9. The van der Waals surface area contributed by atoms with E-state index >= 15 is 0 Å². The molecule has 2 aliphatic rings. The Kier molecular flexibility index (Phi) is 3.73. The van der Waals surface area contributed by atoms with Gasteiger partial charge in [-0.3, -0.25) is 0 Å². The van der Waals surface area contributed by atoms with Crippen LogP contribution in [0.4, 0.5) is 0 Å². The van der Waals surface area contributed by atoms with Crippen molar-refractivity contribution in [2.24, 2.45) is 11.8 Å². The lowest BCUT2D eigenvalue weighted by molar-refractivity contribution is 0.469. The molecule has 0 saturated carbocycles. The molecular weight excluding hydrogens is 320 g/mol. The van der Waals surface area contributed by atoms with Crippen molar-refractivity contribution in [1.82, 2.24) is 0 Å². The van der Waals surface area contributed by atoms with E-state index in [9.17, 15) is 10.2 Å². The molecule has 0 heterocycles. The van der Waals surface area contributed by atoms with Crippen molar-refractivity contribution in [3.8, 4) is 11.5 Å². The van der Waals surface area contributed by atoms with Crippen molar-refractivity contribution in [3.05, 3.63) is 56.6 Å². The van der Waals surface area contributed by atoms with E-state index in [0.717, 1.165) is 24.0 Å². The summed E-state index contributed by atoms with van der Waals surface area (Å²) >= 11 is 0. The minimum Gasteiger partial charge on any atom is -0.508 e. The van der Waals surface area contributed by atoms with E-state index in [1.165, 1.54) is 44.5 Å². The molecule has 0 radical (unpaired) electrons. The lowest BCUT2D eigenvalue weighted by Gasteiger charge is -2.20. The van der Waals surface area contributed by atoms with E-state index in [4.69, 9.17) is 0 Å². The van der Waals surface area contributed by atoms with Crippen LogP contribution in [0, 0.1) is 39.5 Å². The maximum Gasteiger partial charge on any atom is 0.119 e. The van der Waals surface area contributed by atoms with Crippen molar-refractivity contribution in [2.45, 2.75) is 54.4 Å². The molecule has 0 bridgehead atoms. The maximum atomic E-state index is 10.5. The Morgan fingerprint density at radius 2 is 1.04 bits per heavy atom. The minimum atomic E-state index is 0.392. The van der Waals surface area contributed by atoms with Gasteiger partial charge in [-0.1, -0.05) is 13.8 Å². The lowest BCUT2D eigenvalue weighted by Crippen LogP contribution is -2.02. The third kappa shape index (κ3) is 2.17. The van der Waals surface area contributed by atoms with Crippen LogP contribution in [0.3, 0.4) is 0 Å². The van der Waals surface area contributed by atoms with E-state index in [0.29, 0.717) is 23.3 Å². The Bertz CT molecular complexity index is 899. The number of phenols is 2. The Labute approximate surface area is 156 Å². The summed E-state index contributed by atoms with van der Waals surface area (Å²) in [5, 5.41) is 20.9. The molecule has 0 aliphatic heterocycles. The summed E-state index contributed by atoms with van der Waals surface area (Å²) in [7, 11) is 0. The van der Waals surface area contributed by atoms with Crippen LogP contribution in [0.5, 0.6) is 11.5 Å². The molecule has 0 amide bonds. The number of aryl methyl sites for hydroxylation is 2. The van der Waals surface area contributed by atoms with Gasteiger partial charge in [-0.15, -0.1) is 0 Å². The van der Waals surface area contributed by atoms with Crippen LogP contribution in [0.25, 0.3) is 11.1 Å². The van der Waals surface area contributed by atoms with Crippen molar-refractivity contribution in [2.75, 3.05) is 0 Å². The standard InChI is InChI=1S/C24H28O2/c1-11-9-19(25)15(5)23-17(11)7-13(3)21(23)22-14(4)8-18-12(2)10-20(26)16(6)24(18)22/h9-10,13-14,25-26H,7-8H2,1-6H3/b22-21+. The van der Waals surface area contributed by atoms with Gasteiger partial charge < -0.3 is 10.2 Å². The van der Waals surface area contributed by atoms with Gasteiger partial charge in [0.25, 0.3) is 0 Å². The smallest absolute Gasteiger partial charge is 0.119 e. The van der Waals surface area contributed by atoms with Crippen LogP contribution in [0.2, 0.25) is 0 Å². The van der Waals surface area contributed by atoms with Crippen molar-refractivity contribution < 1.29 is 10.2 Å². The quantitative estimate of drug-likeness (QED) is 0.648. The summed E-state index contributed by atoms with van der Waals surface area (Å²) < 4.78 is 0. The maximum absolute atomic E-state index is 10.5. The van der Waals surface area contributed by atoms with E-state index in [-0.39, 0.29) is 0 Å². The second-order valence-corrected chi connectivity index (χ2v) is 8.42. The molecule has 2 nitrogen and oxygen atoms in total. The minimum absolute atomic E-state index is 0.392. The third-order valence-electron chi connectivity index (χ3n) is 6.62. The highest BCUT2D eigenvalue weighted by Crippen LogP contribution is 2.53. The zero-order valence-corrected chi connectivity index (χ0v) is 16.6. The number of phenolic OH excluding ortho intramolecular Hbond substituents is 2. The lowest BCUT2D eigenvalue weighted by atomic mass is 9.85. The predicted octanol–water partition coefficient (Wildman–Crippen LogP) is 5.63. The first-order valence-electron chi connectivity index (χ1n) is 9.61. The van der Waals surface area contributed by atoms with Crippen molar-refractivity contribution in [1.29, 1.82) is 0 Å². The summed E-state index contributed by atoms with van der Waals surface area (Å²) in [5.74, 6) is 1.63. The van der Waals surface area contributed by atoms with E-state index in [1.807, 2.05) is 26.0 Å². The van der Waals surface area contributed by atoms with E-state index < -0.39 is 0 Å². The molecule has 0 fully saturated rings. The molecule has 2 atom stereocenters. The zero-order valence-electron chi connectivity index (χ0n) is 16.6. The number of benzene rings is 2. The van der Waals surface area contributed by atoms with E-state index in [1.54, 1.807) is 0 Å². The summed E-state index contributed by atoms with van der Waals surface area (Å²) in [6, 6.07) is 3.81. The second-order valence-electron chi connectivity index (χ2n) is 8.42. The average molecular weight is 348 g/mol. The fourth-order valence-electron chi connectivity index (χ4n) is 5.27. The molecule has 2 N–H and O–H groups in total. The van der Waals surface area contributed by atoms with Crippen LogP contribution >= 0.6 is 0 Å². The van der Waals surface area contributed by atoms with Crippen LogP contribution in [0.15, 0.2) is 12.1 Å². The van der Waals surface area contributed by atoms with Gasteiger partial charge in [-0.2, -0.15) is 0 Å².